The minimum absolute atomic E-state index is 0. The Labute approximate surface area is 193 Å². The molecule has 0 bridgehead atoms. The van der Waals surface area contributed by atoms with Crippen LogP contribution in [0.4, 0.5) is 5.69 Å². The van der Waals surface area contributed by atoms with Gasteiger partial charge in [-0.05, 0) is 45.7 Å². The zero-order valence-corrected chi connectivity index (χ0v) is 20.7. The van der Waals surface area contributed by atoms with Crippen LogP contribution in [0, 0.1) is 6.92 Å². The second-order valence-corrected chi connectivity index (χ2v) is 8.23. The van der Waals surface area contributed by atoms with Crippen LogP contribution in [0.5, 0.6) is 0 Å². The van der Waals surface area contributed by atoms with Gasteiger partial charge < -0.3 is 20.3 Å². The standard InChI is InChI=1S/C22H37N5O.HI/c1-17-7-9-21(10-8-17)26-11-5-6-20(15-26)25-22(23-4)24-14-18(2)27-12-13-28-16-19(27)3;/h7-10,18-20H,5-6,11-16H2,1-4H3,(H2,23,24,25);1H. The number of anilines is 1. The molecule has 3 atom stereocenters. The van der Waals surface area contributed by atoms with Crippen molar-refractivity contribution in [3.63, 3.8) is 0 Å². The van der Waals surface area contributed by atoms with Crippen molar-refractivity contribution in [2.75, 3.05) is 51.3 Å². The number of benzene rings is 1. The molecule has 3 rings (SSSR count). The summed E-state index contributed by atoms with van der Waals surface area (Å²) in [6, 6.07) is 10.2. The fraction of sp³-hybridized carbons (Fsp3) is 0.682. The second-order valence-electron chi connectivity index (χ2n) is 8.23. The van der Waals surface area contributed by atoms with Gasteiger partial charge in [0.1, 0.15) is 0 Å². The molecule has 2 aliphatic rings. The number of aliphatic imine (C=N–C) groups is 1. The zero-order chi connectivity index (χ0) is 19.9. The van der Waals surface area contributed by atoms with Gasteiger partial charge in [0.25, 0.3) is 0 Å². The lowest BCUT2D eigenvalue weighted by Gasteiger charge is -2.38. The molecule has 2 aliphatic heterocycles. The molecule has 0 spiro atoms. The number of morpholine rings is 1. The van der Waals surface area contributed by atoms with Crippen LogP contribution in [-0.4, -0.2) is 75.4 Å². The van der Waals surface area contributed by atoms with Crippen molar-refractivity contribution in [3.05, 3.63) is 29.8 Å². The van der Waals surface area contributed by atoms with Crippen molar-refractivity contribution in [2.24, 2.45) is 4.99 Å². The van der Waals surface area contributed by atoms with E-state index in [2.05, 4.69) is 70.5 Å². The van der Waals surface area contributed by atoms with Crippen LogP contribution in [0.25, 0.3) is 0 Å². The molecular formula is C22H38IN5O. The zero-order valence-electron chi connectivity index (χ0n) is 18.4. The van der Waals surface area contributed by atoms with Gasteiger partial charge in [-0.1, -0.05) is 17.7 Å². The van der Waals surface area contributed by atoms with Crippen LogP contribution in [-0.2, 0) is 4.74 Å². The molecule has 0 aliphatic carbocycles. The maximum absolute atomic E-state index is 5.56. The maximum Gasteiger partial charge on any atom is 0.191 e. The number of ether oxygens (including phenoxy) is 1. The molecule has 0 radical (unpaired) electrons. The van der Waals surface area contributed by atoms with Crippen LogP contribution in [0.15, 0.2) is 29.3 Å². The van der Waals surface area contributed by atoms with E-state index in [9.17, 15) is 0 Å². The number of aryl methyl sites for hydroxylation is 1. The average molecular weight is 515 g/mol. The second kappa shape index (κ2) is 12.0. The fourth-order valence-electron chi connectivity index (χ4n) is 4.23. The summed E-state index contributed by atoms with van der Waals surface area (Å²) in [5, 5.41) is 7.17. The lowest BCUT2D eigenvalue weighted by Crippen LogP contribution is -2.55. The summed E-state index contributed by atoms with van der Waals surface area (Å²) in [7, 11) is 1.86. The van der Waals surface area contributed by atoms with Crippen molar-refractivity contribution in [1.29, 1.82) is 0 Å². The Kier molecular flexibility index (Phi) is 9.98. The van der Waals surface area contributed by atoms with Crippen molar-refractivity contribution >= 4 is 35.6 Å². The van der Waals surface area contributed by atoms with Gasteiger partial charge in [0.15, 0.2) is 5.96 Å². The number of nitrogens with one attached hydrogen (secondary N) is 2. The molecule has 2 heterocycles. The minimum Gasteiger partial charge on any atom is -0.379 e. The van der Waals surface area contributed by atoms with Gasteiger partial charge in [-0.15, -0.1) is 24.0 Å². The molecule has 2 saturated heterocycles. The highest BCUT2D eigenvalue weighted by Gasteiger charge is 2.24. The quantitative estimate of drug-likeness (QED) is 0.359. The molecule has 0 amide bonds. The van der Waals surface area contributed by atoms with Gasteiger partial charge in [0.2, 0.25) is 0 Å². The third-order valence-corrected chi connectivity index (χ3v) is 5.94. The Bertz CT molecular complexity index is 639. The summed E-state index contributed by atoms with van der Waals surface area (Å²) >= 11 is 0. The van der Waals surface area contributed by atoms with Crippen LogP contribution < -0.4 is 15.5 Å². The number of hydrogen-bond acceptors (Lipinski definition) is 4. The van der Waals surface area contributed by atoms with Gasteiger partial charge in [0.05, 0.1) is 13.2 Å². The maximum atomic E-state index is 5.56. The number of guanidine groups is 1. The number of nitrogens with zero attached hydrogens (tertiary/aromatic N) is 3. The summed E-state index contributed by atoms with van der Waals surface area (Å²) in [6.45, 7) is 12.3. The minimum atomic E-state index is 0. The number of rotatable bonds is 5. The molecule has 164 valence electrons. The number of piperidine rings is 1. The third kappa shape index (κ3) is 7.00. The first-order valence-electron chi connectivity index (χ1n) is 10.7. The highest BCUT2D eigenvalue weighted by Crippen LogP contribution is 2.20. The Morgan fingerprint density at radius 1 is 1.28 bits per heavy atom. The third-order valence-electron chi connectivity index (χ3n) is 5.94. The molecule has 1 aromatic rings. The average Bonchev–Trinajstić information content (AvgIpc) is 2.72. The summed E-state index contributed by atoms with van der Waals surface area (Å²) in [6.07, 6.45) is 2.38. The lowest BCUT2D eigenvalue weighted by atomic mass is 10.0. The molecule has 7 heteroatoms. The van der Waals surface area contributed by atoms with E-state index in [-0.39, 0.29) is 24.0 Å². The molecule has 2 fully saturated rings. The van der Waals surface area contributed by atoms with Crippen molar-refractivity contribution in [2.45, 2.75) is 51.7 Å². The van der Waals surface area contributed by atoms with E-state index in [0.717, 1.165) is 45.4 Å². The van der Waals surface area contributed by atoms with E-state index >= 15 is 0 Å². The summed E-state index contributed by atoms with van der Waals surface area (Å²) in [5.74, 6) is 0.906. The molecule has 3 unspecified atom stereocenters. The fourth-order valence-corrected chi connectivity index (χ4v) is 4.23. The van der Waals surface area contributed by atoms with Crippen LogP contribution in [0.3, 0.4) is 0 Å². The van der Waals surface area contributed by atoms with Crippen molar-refractivity contribution in [3.8, 4) is 0 Å². The predicted molar refractivity (Wildman–Crippen MR) is 133 cm³/mol. The molecule has 0 aromatic heterocycles. The molecular weight excluding hydrogens is 477 g/mol. The van der Waals surface area contributed by atoms with Gasteiger partial charge in [0, 0.05) is 57.0 Å². The largest absolute Gasteiger partial charge is 0.379 e. The number of hydrogen-bond donors (Lipinski definition) is 2. The predicted octanol–water partition coefficient (Wildman–Crippen LogP) is 2.86. The van der Waals surface area contributed by atoms with E-state index in [0.29, 0.717) is 18.1 Å². The van der Waals surface area contributed by atoms with Crippen LogP contribution >= 0.6 is 24.0 Å². The number of halogens is 1. The first-order valence-corrected chi connectivity index (χ1v) is 10.7. The monoisotopic (exact) mass is 515 g/mol. The first-order chi connectivity index (χ1) is 13.6. The van der Waals surface area contributed by atoms with Crippen LogP contribution in [0.2, 0.25) is 0 Å². The smallest absolute Gasteiger partial charge is 0.191 e. The molecule has 29 heavy (non-hydrogen) atoms. The Morgan fingerprint density at radius 2 is 2.03 bits per heavy atom. The Hall–Kier alpha value is -1.06. The Balaban J connectivity index is 0.00000300. The van der Waals surface area contributed by atoms with Crippen LogP contribution in [0.1, 0.15) is 32.3 Å². The van der Waals surface area contributed by atoms with E-state index in [1.54, 1.807) is 0 Å². The topological polar surface area (TPSA) is 52.1 Å². The van der Waals surface area contributed by atoms with E-state index in [1.165, 1.54) is 24.1 Å². The summed E-state index contributed by atoms with van der Waals surface area (Å²) < 4.78 is 5.56. The van der Waals surface area contributed by atoms with Gasteiger partial charge >= 0.3 is 0 Å². The Morgan fingerprint density at radius 3 is 2.72 bits per heavy atom. The summed E-state index contributed by atoms with van der Waals surface area (Å²) in [4.78, 5) is 9.46. The van der Waals surface area contributed by atoms with E-state index < -0.39 is 0 Å². The van der Waals surface area contributed by atoms with E-state index in [4.69, 9.17) is 4.74 Å². The highest BCUT2D eigenvalue weighted by molar-refractivity contribution is 14.0. The molecule has 6 nitrogen and oxygen atoms in total. The molecule has 0 saturated carbocycles. The lowest BCUT2D eigenvalue weighted by molar-refractivity contribution is -0.0174. The normalized spacial score (nSPS) is 24.6. The van der Waals surface area contributed by atoms with Gasteiger partial charge in [-0.3, -0.25) is 9.89 Å². The molecule has 1 aromatic carbocycles. The summed E-state index contributed by atoms with van der Waals surface area (Å²) in [5.41, 5.74) is 2.62. The molecule has 2 N–H and O–H groups in total. The van der Waals surface area contributed by atoms with Gasteiger partial charge in [-0.25, -0.2) is 0 Å². The van der Waals surface area contributed by atoms with E-state index in [1.807, 2.05) is 7.05 Å². The highest BCUT2D eigenvalue weighted by atomic mass is 127. The first kappa shape index (κ1) is 24.2. The van der Waals surface area contributed by atoms with Gasteiger partial charge in [-0.2, -0.15) is 0 Å². The SMILES string of the molecule is CN=C(NCC(C)N1CCOCC1C)NC1CCCN(c2ccc(C)cc2)C1.I. The van der Waals surface area contributed by atoms with Crippen molar-refractivity contribution in [1.82, 2.24) is 15.5 Å². The van der Waals surface area contributed by atoms with Crippen molar-refractivity contribution < 1.29 is 4.74 Å².